The summed E-state index contributed by atoms with van der Waals surface area (Å²) in [6.07, 6.45) is 0.0925. The lowest BCUT2D eigenvalue weighted by Gasteiger charge is -2.16. The first-order chi connectivity index (χ1) is 9.78. The van der Waals surface area contributed by atoms with E-state index in [9.17, 15) is 22.0 Å². The second-order valence-electron chi connectivity index (χ2n) is 4.55. The summed E-state index contributed by atoms with van der Waals surface area (Å²) >= 11 is 0. The molecule has 0 aliphatic rings. The summed E-state index contributed by atoms with van der Waals surface area (Å²) in [5, 5.41) is 2.92. The molecule has 0 aliphatic heterocycles. The van der Waals surface area contributed by atoms with Gasteiger partial charge in [0.05, 0.1) is 11.3 Å². The van der Waals surface area contributed by atoms with Gasteiger partial charge < -0.3 is 10.2 Å². The number of nitrogens with zero attached hydrogens (tertiary/aromatic N) is 1. The smallest absolute Gasteiger partial charge is 0.341 e. The van der Waals surface area contributed by atoms with E-state index in [0.29, 0.717) is 18.7 Å². The minimum atomic E-state index is -4.59. The fourth-order valence-corrected chi connectivity index (χ4v) is 2.33. The molecule has 0 aliphatic carbocycles. The Labute approximate surface area is 122 Å². The molecule has 21 heavy (non-hydrogen) atoms. The van der Waals surface area contributed by atoms with E-state index in [1.54, 1.807) is 19.0 Å². The zero-order valence-electron chi connectivity index (χ0n) is 11.8. The minimum absolute atomic E-state index is 0.0925. The molecule has 8 heteroatoms. The van der Waals surface area contributed by atoms with Gasteiger partial charge in [0.2, 0.25) is 15.7 Å². The molecule has 0 aromatic heterocycles. The number of benzene rings is 1. The Morgan fingerprint density at radius 1 is 1.29 bits per heavy atom. The first-order valence-electron chi connectivity index (χ1n) is 6.28. The quantitative estimate of drug-likeness (QED) is 0.811. The van der Waals surface area contributed by atoms with Gasteiger partial charge in [0.1, 0.15) is 0 Å². The first-order valence-corrected chi connectivity index (χ1v) is 7.83. The van der Waals surface area contributed by atoms with Crippen molar-refractivity contribution in [1.29, 1.82) is 0 Å². The molecule has 0 bridgehead atoms. The fourth-order valence-electron chi connectivity index (χ4n) is 1.61. The Balaban J connectivity index is 2.74. The van der Waals surface area contributed by atoms with Gasteiger partial charge in [0.15, 0.2) is 0 Å². The third-order valence-electron chi connectivity index (χ3n) is 2.96. The van der Waals surface area contributed by atoms with Crippen molar-refractivity contribution in [2.75, 3.05) is 27.2 Å². The van der Waals surface area contributed by atoms with Gasteiger partial charge in [-0.3, -0.25) is 4.79 Å². The second-order valence-corrected chi connectivity index (χ2v) is 6.46. The van der Waals surface area contributed by atoms with Crippen molar-refractivity contribution >= 4 is 15.7 Å². The van der Waals surface area contributed by atoms with Crippen LogP contribution in [0.15, 0.2) is 29.2 Å². The number of rotatable bonds is 7. The van der Waals surface area contributed by atoms with Crippen LogP contribution in [0.5, 0.6) is 0 Å². The van der Waals surface area contributed by atoms with Crippen molar-refractivity contribution in [3.63, 3.8) is 0 Å². The van der Waals surface area contributed by atoms with Gasteiger partial charge in [-0.15, -0.1) is 0 Å². The fraction of sp³-hybridized carbons (Fsp3) is 0.462. The summed E-state index contributed by atoms with van der Waals surface area (Å²) in [4.78, 5) is 13.0. The summed E-state index contributed by atoms with van der Waals surface area (Å²) in [6, 6.07) is 4.94. The van der Waals surface area contributed by atoms with E-state index in [1.165, 1.54) is 12.1 Å². The highest BCUT2D eigenvalue weighted by molar-refractivity contribution is 7.91. The van der Waals surface area contributed by atoms with Gasteiger partial charge in [-0.2, -0.15) is 8.78 Å². The Kier molecular flexibility index (Phi) is 6.22. The van der Waals surface area contributed by atoms with Gasteiger partial charge in [-0.05, 0) is 24.7 Å². The van der Waals surface area contributed by atoms with E-state index >= 15 is 0 Å². The van der Waals surface area contributed by atoms with Gasteiger partial charge in [0.25, 0.3) is 0 Å². The van der Waals surface area contributed by atoms with Gasteiger partial charge in [-0.25, -0.2) is 8.42 Å². The van der Waals surface area contributed by atoms with E-state index in [2.05, 4.69) is 5.32 Å². The molecular formula is C13H18F2N2O3S. The lowest BCUT2D eigenvalue weighted by Crippen LogP contribution is -2.33. The maximum atomic E-state index is 12.4. The predicted octanol–water partition coefficient (Wildman–Crippen LogP) is 0.903. The van der Waals surface area contributed by atoms with Crippen LogP contribution in [-0.4, -0.2) is 52.2 Å². The third kappa shape index (κ3) is 4.75. The standard InChI is InChI=1S/C13H18F2N2O3S/c1-16-7-8-17(2)12(18)9-10-3-5-11(6-4-10)21(19,20)13(14)15/h3-6,13,16H,7-9H2,1-2H3. The number of alkyl halides is 2. The highest BCUT2D eigenvalue weighted by Crippen LogP contribution is 2.18. The first kappa shape index (κ1) is 17.5. The summed E-state index contributed by atoms with van der Waals surface area (Å²) in [5.74, 6) is -3.58. The van der Waals surface area contributed by atoms with Crippen molar-refractivity contribution < 1.29 is 22.0 Å². The average Bonchev–Trinajstić information content (AvgIpc) is 2.45. The lowest BCUT2D eigenvalue weighted by molar-refractivity contribution is -0.129. The van der Waals surface area contributed by atoms with E-state index < -0.39 is 20.5 Å². The van der Waals surface area contributed by atoms with Crippen molar-refractivity contribution in [2.45, 2.75) is 17.1 Å². The second kappa shape index (κ2) is 7.46. The Bertz CT molecular complexity index is 574. The molecule has 5 nitrogen and oxygen atoms in total. The number of sulfone groups is 1. The van der Waals surface area contributed by atoms with Crippen LogP contribution in [0.1, 0.15) is 5.56 Å². The predicted molar refractivity (Wildman–Crippen MR) is 74.9 cm³/mol. The molecule has 0 heterocycles. The molecule has 0 saturated carbocycles. The molecule has 0 fully saturated rings. The van der Waals surface area contributed by atoms with E-state index in [0.717, 1.165) is 12.1 Å². The normalized spacial score (nSPS) is 11.7. The van der Waals surface area contributed by atoms with Crippen LogP contribution >= 0.6 is 0 Å². The van der Waals surface area contributed by atoms with Crippen molar-refractivity contribution in [2.24, 2.45) is 0 Å². The monoisotopic (exact) mass is 320 g/mol. The number of hydrogen-bond donors (Lipinski definition) is 1. The zero-order valence-corrected chi connectivity index (χ0v) is 12.7. The molecule has 1 aromatic rings. The topological polar surface area (TPSA) is 66.5 Å². The summed E-state index contributed by atoms with van der Waals surface area (Å²) in [5.41, 5.74) is 0.574. The molecule has 0 radical (unpaired) electrons. The number of amides is 1. The number of carbonyl (C=O) groups excluding carboxylic acids is 1. The Morgan fingerprint density at radius 3 is 2.33 bits per heavy atom. The summed E-state index contributed by atoms with van der Waals surface area (Å²) in [6.45, 7) is 1.21. The molecule has 0 saturated heterocycles. The molecule has 118 valence electrons. The zero-order chi connectivity index (χ0) is 16.0. The maximum Gasteiger partial charge on any atom is 0.341 e. The van der Waals surface area contributed by atoms with Crippen molar-refractivity contribution in [1.82, 2.24) is 10.2 Å². The molecule has 0 spiro atoms. The Morgan fingerprint density at radius 2 is 1.86 bits per heavy atom. The summed E-state index contributed by atoms with van der Waals surface area (Å²) < 4.78 is 47.3. The number of carbonyl (C=O) groups is 1. The molecular weight excluding hydrogens is 302 g/mol. The number of halogens is 2. The SMILES string of the molecule is CNCCN(C)C(=O)Cc1ccc(S(=O)(=O)C(F)F)cc1. The minimum Gasteiger partial charge on any atom is -0.344 e. The van der Waals surface area contributed by atoms with Crippen LogP contribution < -0.4 is 5.32 Å². The van der Waals surface area contributed by atoms with E-state index in [-0.39, 0.29) is 12.3 Å². The maximum absolute atomic E-state index is 12.4. The molecule has 1 amide bonds. The van der Waals surface area contributed by atoms with Crippen LogP contribution in [0.25, 0.3) is 0 Å². The molecule has 1 aromatic carbocycles. The van der Waals surface area contributed by atoms with Crippen LogP contribution in [0.4, 0.5) is 8.78 Å². The largest absolute Gasteiger partial charge is 0.344 e. The lowest BCUT2D eigenvalue weighted by atomic mass is 10.1. The van der Waals surface area contributed by atoms with Gasteiger partial charge in [0, 0.05) is 20.1 Å². The number of nitrogens with one attached hydrogen (secondary N) is 1. The average molecular weight is 320 g/mol. The van der Waals surface area contributed by atoms with Gasteiger partial charge >= 0.3 is 5.76 Å². The van der Waals surface area contributed by atoms with E-state index in [4.69, 9.17) is 0 Å². The number of hydrogen-bond acceptors (Lipinski definition) is 4. The molecule has 0 atom stereocenters. The highest BCUT2D eigenvalue weighted by Gasteiger charge is 2.26. The van der Waals surface area contributed by atoms with Crippen molar-refractivity contribution in [3.8, 4) is 0 Å². The molecule has 1 N–H and O–H groups in total. The van der Waals surface area contributed by atoms with Crippen LogP contribution in [0.2, 0.25) is 0 Å². The molecule has 0 unspecified atom stereocenters. The summed E-state index contributed by atoms with van der Waals surface area (Å²) in [7, 11) is -1.15. The van der Waals surface area contributed by atoms with Crippen molar-refractivity contribution in [3.05, 3.63) is 29.8 Å². The number of likely N-dealkylation sites (N-methyl/N-ethyl adjacent to an activating group) is 2. The Hall–Kier alpha value is -1.54. The van der Waals surface area contributed by atoms with Gasteiger partial charge in [-0.1, -0.05) is 12.1 Å². The molecule has 1 rings (SSSR count). The highest BCUT2D eigenvalue weighted by atomic mass is 32.2. The van der Waals surface area contributed by atoms with Crippen LogP contribution in [0, 0.1) is 0 Å². The van der Waals surface area contributed by atoms with Crippen LogP contribution in [-0.2, 0) is 21.1 Å². The van der Waals surface area contributed by atoms with Crippen LogP contribution in [0.3, 0.4) is 0 Å². The van der Waals surface area contributed by atoms with E-state index in [1.807, 2.05) is 0 Å². The third-order valence-corrected chi connectivity index (χ3v) is 4.36.